The lowest BCUT2D eigenvalue weighted by atomic mass is 10.1. The minimum Gasteiger partial charge on any atom is -0.325 e. The van der Waals surface area contributed by atoms with E-state index >= 15 is 0 Å². The van der Waals surface area contributed by atoms with Gasteiger partial charge in [0.15, 0.2) is 0 Å². The Bertz CT molecular complexity index is 741. The van der Waals surface area contributed by atoms with Crippen molar-refractivity contribution in [2.75, 3.05) is 11.9 Å². The Kier molecular flexibility index (Phi) is 4.09. The largest absolute Gasteiger partial charge is 0.334 e. The van der Waals surface area contributed by atoms with Gasteiger partial charge in [-0.15, -0.1) is 0 Å². The molecule has 0 saturated carbocycles. The van der Waals surface area contributed by atoms with Gasteiger partial charge in [0.05, 0.1) is 0 Å². The molecule has 0 atom stereocenters. The van der Waals surface area contributed by atoms with Gasteiger partial charge in [-0.1, -0.05) is 6.07 Å². The van der Waals surface area contributed by atoms with Crippen LogP contribution in [0.5, 0.6) is 0 Å². The van der Waals surface area contributed by atoms with E-state index in [2.05, 4.69) is 5.32 Å². The lowest BCUT2D eigenvalue weighted by Gasteiger charge is -2.18. The Hall–Kier alpha value is -2.70. The van der Waals surface area contributed by atoms with E-state index in [-0.39, 0.29) is 0 Å². The average Bonchev–Trinajstić information content (AvgIpc) is 3.06. The molecule has 7 nitrogen and oxygen atoms in total. The molecule has 7 heteroatoms. The lowest BCUT2D eigenvalue weighted by molar-refractivity contribution is -0.144. The Morgan fingerprint density at radius 2 is 1.83 bits per heavy atom. The van der Waals surface area contributed by atoms with Crippen LogP contribution in [0.15, 0.2) is 18.2 Å². The summed E-state index contributed by atoms with van der Waals surface area (Å²) in [6, 6.07) is 4.53. The number of benzene rings is 1. The van der Waals surface area contributed by atoms with Crippen molar-refractivity contribution in [2.24, 2.45) is 0 Å². The maximum atomic E-state index is 12.2. The summed E-state index contributed by atoms with van der Waals surface area (Å²) in [6.07, 6.45) is 3.14. The summed E-state index contributed by atoms with van der Waals surface area (Å²) in [5, 5.41) is 2.68. The summed E-state index contributed by atoms with van der Waals surface area (Å²) in [5.41, 5.74) is 3.13. The molecule has 1 aromatic rings. The molecule has 1 aliphatic carbocycles. The molecule has 1 N–H and O–H groups in total. The van der Waals surface area contributed by atoms with Gasteiger partial charge in [0.2, 0.25) is 5.91 Å². The number of carbonyl (C=O) groups is 4. The number of urea groups is 1. The zero-order valence-electron chi connectivity index (χ0n) is 13.7. The second-order valence-corrected chi connectivity index (χ2v) is 6.33. The number of anilines is 1. The SMILES string of the molecule is CC(C)N1C(=O)C(=O)N(CC(=O)Nc2ccc3c(c2)CCC3)C1=O. The zero-order chi connectivity index (χ0) is 17.4. The van der Waals surface area contributed by atoms with E-state index in [4.69, 9.17) is 0 Å². The molecule has 3 rings (SSSR count). The average molecular weight is 329 g/mol. The molecular weight excluding hydrogens is 310 g/mol. The normalized spacial score (nSPS) is 17.0. The second-order valence-electron chi connectivity index (χ2n) is 6.33. The molecule has 1 aromatic carbocycles. The van der Waals surface area contributed by atoms with Crippen LogP contribution in [0.4, 0.5) is 10.5 Å². The number of hydrogen-bond acceptors (Lipinski definition) is 4. The number of amides is 5. The fourth-order valence-corrected chi connectivity index (χ4v) is 3.11. The maximum absolute atomic E-state index is 12.2. The highest BCUT2D eigenvalue weighted by atomic mass is 16.2. The van der Waals surface area contributed by atoms with Crippen molar-refractivity contribution in [2.45, 2.75) is 39.2 Å². The summed E-state index contributed by atoms with van der Waals surface area (Å²) in [5.74, 6) is -2.36. The summed E-state index contributed by atoms with van der Waals surface area (Å²) < 4.78 is 0. The fourth-order valence-electron chi connectivity index (χ4n) is 3.11. The predicted octanol–water partition coefficient (Wildman–Crippen LogP) is 1.31. The molecule has 0 unspecified atom stereocenters. The Balaban J connectivity index is 1.68. The number of rotatable bonds is 4. The zero-order valence-corrected chi connectivity index (χ0v) is 13.7. The van der Waals surface area contributed by atoms with Crippen LogP contribution in [0.2, 0.25) is 0 Å². The quantitative estimate of drug-likeness (QED) is 0.666. The third-order valence-electron chi connectivity index (χ3n) is 4.28. The maximum Gasteiger partial charge on any atom is 0.334 e. The number of carbonyl (C=O) groups excluding carboxylic acids is 4. The number of nitrogens with one attached hydrogen (secondary N) is 1. The van der Waals surface area contributed by atoms with Crippen LogP contribution in [0, 0.1) is 0 Å². The molecule has 0 spiro atoms. The van der Waals surface area contributed by atoms with Crippen LogP contribution >= 0.6 is 0 Å². The van der Waals surface area contributed by atoms with Crippen molar-refractivity contribution in [3.8, 4) is 0 Å². The highest BCUT2D eigenvalue weighted by Gasteiger charge is 2.46. The van der Waals surface area contributed by atoms with E-state index < -0.39 is 36.3 Å². The van der Waals surface area contributed by atoms with Crippen molar-refractivity contribution >= 4 is 29.4 Å². The van der Waals surface area contributed by atoms with E-state index in [1.807, 2.05) is 12.1 Å². The number of hydrogen-bond donors (Lipinski definition) is 1. The van der Waals surface area contributed by atoms with Gasteiger partial charge in [-0.3, -0.25) is 19.3 Å². The molecule has 126 valence electrons. The first kappa shape index (κ1) is 16.2. The van der Waals surface area contributed by atoms with Crippen LogP contribution in [0.25, 0.3) is 0 Å². The van der Waals surface area contributed by atoms with Gasteiger partial charge in [0.25, 0.3) is 0 Å². The Morgan fingerprint density at radius 1 is 1.12 bits per heavy atom. The molecule has 5 amide bonds. The van der Waals surface area contributed by atoms with Gasteiger partial charge < -0.3 is 5.32 Å². The molecule has 1 heterocycles. The van der Waals surface area contributed by atoms with Crippen molar-refractivity contribution < 1.29 is 19.2 Å². The van der Waals surface area contributed by atoms with Crippen LogP contribution in [0.1, 0.15) is 31.4 Å². The Labute approximate surface area is 139 Å². The van der Waals surface area contributed by atoms with E-state index in [0.29, 0.717) is 10.6 Å². The standard InChI is InChI=1S/C17H19N3O4/c1-10(2)20-16(23)15(22)19(17(20)24)9-14(21)18-13-7-6-11-4-3-5-12(11)8-13/h6-8,10H,3-5,9H2,1-2H3,(H,18,21). The topological polar surface area (TPSA) is 86.8 Å². The first-order valence-corrected chi connectivity index (χ1v) is 7.99. The third-order valence-corrected chi connectivity index (χ3v) is 4.28. The van der Waals surface area contributed by atoms with Crippen molar-refractivity contribution in [1.82, 2.24) is 9.80 Å². The molecular formula is C17H19N3O4. The molecule has 0 aromatic heterocycles. The lowest BCUT2D eigenvalue weighted by Crippen LogP contribution is -2.40. The van der Waals surface area contributed by atoms with E-state index in [1.54, 1.807) is 19.9 Å². The molecule has 0 bridgehead atoms. The fraction of sp³-hybridized carbons (Fsp3) is 0.412. The number of aryl methyl sites for hydroxylation is 2. The van der Waals surface area contributed by atoms with Crippen LogP contribution in [-0.2, 0) is 27.2 Å². The van der Waals surface area contributed by atoms with Crippen LogP contribution in [-0.4, -0.2) is 46.1 Å². The highest BCUT2D eigenvalue weighted by Crippen LogP contribution is 2.25. The summed E-state index contributed by atoms with van der Waals surface area (Å²) in [7, 11) is 0. The molecule has 1 saturated heterocycles. The Morgan fingerprint density at radius 3 is 2.50 bits per heavy atom. The van der Waals surface area contributed by atoms with Crippen molar-refractivity contribution in [1.29, 1.82) is 0 Å². The van der Waals surface area contributed by atoms with Gasteiger partial charge in [-0.25, -0.2) is 9.69 Å². The second kappa shape index (κ2) is 6.07. The van der Waals surface area contributed by atoms with E-state index in [1.165, 1.54) is 11.1 Å². The minimum absolute atomic E-state index is 0.432. The van der Waals surface area contributed by atoms with Crippen LogP contribution < -0.4 is 5.32 Å². The van der Waals surface area contributed by atoms with Crippen molar-refractivity contribution in [3.63, 3.8) is 0 Å². The van der Waals surface area contributed by atoms with Crippen molar-refractivity contribution in [3.05, 3.63) is 29.3 Å². The van der Waals surface area contributed by atoms with Gasteiger partial charge >= 0.3 is 17.8 Å². The third kappa shape index (κ3) is 2.77. The van der Waals surface area contributed by atoms with E-state index in [9.17, 15) is 19.2 Å². The van der Waals surface area contributed by atoms with Gasteiger partial charge in [-0.05, 0) is 56.4 Å². The highest BCUT2D eigenvalue weighted by molar-refractivity contribution is 6.45. The minimum atomic E-state index is -0.960. The molecule has 1 aliphatic heterocycles. The molecule has 24 heavy (non-hydrogen) atoms. The number of imide groups is 2. The summed E-state index contributed by atoms with van der Waals surface area (Å²) in [6.45, 7) is 2.80. The smallest absolute Gasteiger partial charge is 0.325 e. The monoisotopic (exact) mass is 329 g/mol. The van der Waals surface area contributed by atoms with Crippen LogP contribution in [0.3, 0.4) is 0 Å². The summed E-state index contributed by atoms with van der Waals surface area (Å²) in [4.78, 5) is 49.6. The molecule has 2 aliphatic rings. The van der Waals surface area contributed by atoms with Gasteiger partial charge in [0, 0.05) is 11.7 Å². The van der Waals surface area contributed by atoms with Gasteiger partial charge in [0.1, 0.15) is 6.54 Å². The number of fused-ring (bicyclic) bond motifs is 1. The first-order chi connectivity index (χ1) is 11.4. The molecule has 0 radical (unpaired) electrons. The predicted molar refractivity (Wildman–Crippen MR) is 86.2 cm³/mol. The number of nitrogens with zero attached hydrogens (tertiary/aromatic N) is 2. The molecule has 1 fully saturated rings. The van der Waals surface area contributed by atoms with E-state index in [0.717, 1.165) is 24.2 Å². The van der Waals surface area contributed by atoms with Gasteiger partial charge in [-0.2, -0.15) is 0 Å². The summed E-state index contributed by atoms with van der Waals surface area (Å²) >= 11 is 0. The first-order valence-electron chi connectivity index (χ1n) is 7.99.